The van der Waals surface area contributed by atoms with E-state index in [0.29, 0.717) is 18.9 Å². The summed E-state index contributed by atoms with van der Waals surface area (Å²) in [5.41, 5.74) is 0. The number of nitrogens with one attached hydrogen (secondary N) is 1. The molecule has 2 fully saturated rings. The van der Waals surface area contributed by atoms with Gasteiger partial charge in [0.25, 0.3) is 0 Å². The zero-order chi connectivity index (χ0) is 14.1. The van der Waals surface area contributed by atoms with Crippen molar-refractivity contribution in [2.24, 2.45) is 0 Å². The number of β-amino-alcohol motifs (C(OH)–C–C–N with tert-alkyl or cyclic N) is 1. The molecule has 112 valence electrons. The van der Waals surface area contributed by atoms with E-state index < -0.39 is 0 Å². The lowest BCUT2D eigenvalue weighted by atomic mass is 10.2. The number of hydrogen-bond acceptors (Lipinski definition) is 7. The van der Waals surface area contributed by atoms with Crippen LogP contribution >= 0.6 is 0 Å². The lowest BCUT2D eigenvalue weighted by Crippen LogP contribution is -2.31. The number of hydrogen-bond donors (Lipinski definition) is 2. The van der Waals surface area contributed by atoms with Crippen LogP contribution in [-0.2, 0) is 0 Å². The zero-order valence-corrected chi connectivity index (χ0v) is 12.1. The van der Waals surface area contributed by atoms with Crippen LogP contribution in [0.4, 0.5) is 0 Å². The van der Waals surface area contributed by atoms with Crippen molar-refractivity contribution in [2.45, 2.75) is 31.0 Å². The van der Waals surface area contributed by atoms with E-state index in [9.17, 15) is 5.11 Å². The number of rotatable bonds is 2. The van der Waals surface area contributed by atoms with E-state index in [0.717, 1.165) is 31.9 Å². The summed E-state index contributed by atoms with van der Waals surface area (Å²) in [4.78, 5) is 9.15. The molecule has 1 unspecified atom stereocenters. The molecule has 20 heavy (non-hydrogen) atoms. The number of aliphatic hydroxyl groups is 1. The van der Waals surface area contributed by atoms with E-state index in [1.165, 1.54) is 0 Å². The minimum absolute atomic E-state index is 0.0138. The fraction of sp³-hybridized carbons (Fsp3) is 0.846. The Morgan fingerprint density at radius 2 is 2.20 bits per heavy atom. The molecule has 0 spiro atoms. The Bertz CT molecular complexity index is 452. The normalized spacial score (nSPS) is 33.5. The van der Waals surface area contributed by atoms with Crippen molar-refractivity contribution in [3.05, 3.63) is 11.7 Å². The Morgan fingerprint density at radius 1 is 1.35 bits per heavy atom. The molecular weight excluding hydrogens is 258 g/mol. The Hall–Kier alpha value is -1.02. The highest BCUT2D eigenvalue weighted by Gasteiger charge is 2.31. The molecule has 3 heterocycles. The largest absolute Gasteiger partial charge is 0.392 e. The quantitative estimate of drug-likeness (QED) is 0.775. The van der Waals surface area contributed by atoms with Crippen LogP contribution in [0.25, 0.3) is 0 Å². The average Bonchev–Trinajstić information content (AvgIpc) is 3.01. The summed E-state index contributed by atoms with van der Waals surface area (Å²) in [5, 5.41) is 16.9. The molecule has 1 aromatic heterocycles. The summed E-state index contributed by atoms with van der Waals surface area (Å²) in [6, 6.07) is 0.159. The van der Waals surface area contributed by atoms with Crippen molar-refractivity contribution in [2.75, 3.05) is 40.3 Å². The minimum Gasteiger partial charge on any atom is -0.392 e. The third kappa shape index (κ3) is 2.85. The van der Waals surface area contributed by atoms with Gasteiger partial charge in [-0.15, -0.1) is 0 Å². The van der Waals surface area contributed by atoms with Crippen molar-refractivity contribution in [3.63, 3.8) is 0 Å². The molecule has 0 saturated carbocycles. The van der Waals surface area contributed by atoms with Gasteiger partial charge in [0.2, 0.25) is 5.89 Å². The van der Waals surface area contributed by atoms with Gasteiger partial charge in [0, 0.05) is 13.1 Å². The van der Waals surface area contributed by atoms with Crippen LogP contribution in [0.1, 0.15) is 36.6 Å². The maximum atomic E-state index is 9.56. The summed E-state index contributed by atoms with van der Waals surface area (Å²) in [6.07, 6.45) is 1.48. The first-order valence-corrected chi connectivity index (χ1v) is 7.27. The van der Waals surface area contributed by atoms with Crippen molar-refractivity contribution in [1.82, 2.24) is 25.3 Å². The molecule has 2 N–H and O–H groups in total. The minimum atomic E-state index is -0.318. The second kappa shape index (κ2) is 5.77. The fourth-order valence-electron chi connectivity index (χ4n) is 2.98. The predicted octanol–water partition coefficient (Wildman–Crippen LogP) is -0.227. The molecule has 0 bridgehead atoms. The smallest absolute Gasteiger partial charge is 0.243 e. The van der Waals surface area contributed by atoms with Gasteiger partial charge in [-0.05, 0) is 40.0 Å². The molecule has 7 heteroatoms. The lowest BCUT2D eigenvalue weighted by Gasteiger charge is -2.24. The molecule has 3 rings (SSSR count). The van der Waals surface area contributed by atoms with Crippen LogP contribution in [0.5, 0.6) is 0 Å². The Labute approximate surface area is 118 Å². The van der Waals surface area contributed by atoms with Crippen molar-refractivity contribution in [1.29, 1.82) is 0 Å². The van der Waals surface area contributed by atoms with Crippen molar-refractivity contribution in [3.8, 4) is 0 Å². The van der Waals surface area contributed by atoms with Gasteiger partial charge in [0.1, 0.15) is 0 Å². The molecule has 1 aromatic rings. The van der Waals surface area contributed by atoms with E-state index in [2.05, 4.69) is 39.4 Å². The van der Waals surface area contributed by atoms with Gasteiger partial charge in [-0.2, -0.15) is 4.98 Å². The first kappa shape index (κ1) is 13.9. The topological polar surface area (TPSA) is 77.7 Å². The summed E-state index contributed by atoms with van der Waals surface area (Å²) >= 11 is 0. The molecule has 0 aliphatic carbocycles. The molecular formula is C13H23N5O2. The van der Waals surface area contributed by atoms with Crippen LogP contribution < -0.4 is 5.32 Å². The highest BCUT2D eigenvalue weighted by molar-refractivity contribution is 5.02. The van der Waals surface area contributed by atoms with Crippen molar-refractivity contribution >= 4 is 0 Å². The zero-order valence-electron chi connectivity index (χ0n) is 12.1. The number of nitrogens with zero attached hydrogens (tertiary/aromatic N) is 4. The number of aliphatic hydroxyl groups excluding tert-OH is 1. The maximum Gasteiger partial charge on any atom is 0.243 e. The van der Waals surface area contributed by atoms with Gasteiger partial charge >= 0.3 is 0 Å². The first-order valence-electron chi connectivity index (χ1n) is 7.27. The molecule has 0 radical (unpaired) electrons. The third-order valence-electron chi connectivity index (χ3n) is 4.23. The molecule has 2 aliphatic heterocycles. The van der Waals surface area contributed by atoms with Gasteiger partial charge in [-0.1, -0.05) is 5.16 Å². The fourth-order valence-corrected chi connectivity index (χ4v) is 2.98. The van der Waals surface area contributed by atoms with Gasteiger partial charge in [-0.3, -0.25) is 4.90 Å². The lowest BCUT2D eigenvalue weighted by molar-refractivity contribution is 0.190. The summed E-state index contributed by atoms with van der Waals surface area (Å²) in [7, 11) is 4.24. The molecule has 0 amide bonds. The standard InChI is InChI=1S/C13H23N5O2/c1-17-4-3-5-18(2)11(8-17)12-15-13(20-16-12)10-6-9(19)7-14-10/h9-11,14,19H,3-8H2,1-2H3/t9-,10+,11?/m1/s1. The summed E-state index contributed by atoms with van der Waals surface area (Å²) in [6.45, 7) is 3.64. The van der Waals surface area contributed by atoms with Gasteiger partial charge in [0.05, 0.1) is 18.2 Å². The van der Waals surface area contributed by atoms with E-state index in [4.69, 9.17) is 4.52 Å². The summed E-state index contributed by atoms with van der Waals surface area (Å²) in [5.74, 6) is 1.34. The Balaban J connectivity index is 1.74. The second-order valence-electron chi connectivity index (χ2n) is 5.95. The third-order valence-corrected chi connectivity index (χ3v) is 4.23. The van der Waals surface area contributed by atoms with E-state index in [1.807, 2.05) is 0 Å². The van der Waals surface area contributed by atoms with Gasteiger partial charge < -0.3 is 19.8 Å². The highest BCUT2D eigenvalue weighted by atomic mass is 16.5. The van der Waals surface area contributed by atoms with Crippen LogP contribution in [0.15, 0.2) is 4.52 Å². The first-order chi connectivity index (χ1) is 9.63. The van der Waals surface area contributed by atoms with E-state index in [-0.39, 0.29) is 18.2 Å². The Kier molecular flexibility index (Phi) is 4.02. The van der Waals surface area contributed by atoms with E-state index in [1.54, 1.807) is 0 Å². The maximum absolute atomic E-state index is 9.56. The molecule has 3 atom stereocenters. The van der Waals surface area contributed by atoms with E-state index >= 15 is 0 Å². The monoisotopic (exact) mass is 281 g/mol. The SMILES string of the molecule is CN1CCCN(C)C(c2noc([C@@H]3C[C@@H](O)CN3)n2)C1. The molecule has 7 nitrogen and oxygen atoms in total. The highest BCUT2D eigenvalue weighted by Crippen LogP contribution is 2.25. The van der Waals surface area contributed by atoms with Crippen LogP contribution in [0.2, 0.25) is 0 Å². The average molecular weight is 281 g/mol. The van der Waals surface area contributed by atoms with Crippen LogP contribution in [0, 0.1) is 0 Å². The Morgan fingerprint density at radius 3 is 2.95 bits per heavy atom. The molecule has 2 saturated heterocycles. The number of likely N-dealkylation sites (N-methyl/N-ethyl adjacent to an activating group) is 2. The molecule has 0 aromatic carbocycles. The van der Waals surface area contributed by atoms with Crippen LogP contribution in [0.3, 0.4) is 0 Å². The van der Waals surface area contributed by atoms with Gasteiger partial charge in [-0.25, -0.2) is 0 Å². The van der Waals surface area contributed by atoms with Crippen molar-refractivity contribution < 1.29 is 9.63 Å². The summed E-state index contributed by atoms with van der Waals surface area (Å²) < 4.78 is 5.39. The van der Waals surface area contributed by atoms with Gasteiger partial charge in [0.15, 0.2) is 5.82 Å². The predicted molar refractivity (Wildman–Crippen MR) is 73.2 cm³/mol. The molecule has 2 aliphatic rings. The van der Waals surface area contributed by atoms with Crippen LogP contribution in [-0.4, -0.2) is 71.4 Å². The second-order valence-corrected chi connectivity index (χ2v) is 5.95. The number of aromatic nitrogens is 2.